The van der Waals surface area contributed by atoms with Gasteiger partial charge in [-0.25, -0.2) is 0 Å². The molecule has 0 aliphatic rings. The summed E-state index contributed by atoms with van der Waals surface area (Å²) in [5.74, 6) is -0.217. The van der Waals surface area contributed by atoms with Crippen molar-refractivity contribution >= 4 is 63.7 Å². The third kappa shape index (κ3) is 5.13. The number of nitrogens with zero attached hydrogens (tertiary/aromatic N) is 1. The molecule has 0 aliphatic carbocycles. The molecule has 1 N–H and O–H groups in total. The Bertz CT molecular complexity index is 1080. The van der Waals surface area contributed by atoms with Crippen molar-refractivity contribution in [2.24, 2.45) is 0 Å². The molecule has 0 spiro atoms. The number of nitro benzene ring substituents is 1. The molecule has 0 unspecified atom stereocenters. The van der Waals surface area contributed by atoms with Crippen molar-refractivity contribution in [1.82, 2.24) is 0 Å². The zero-order valence-electron chi connectivity index (χ0n) is 14.2. The van der Waals surface area contributed by atoms with E-state index in [9.17, 15) is 14.9 Å². The molecular formula is C18H10Cl4N2O5. The first-order valence-corrected chi connectivity index (χ1v) is 9.37. The number of hydrogen-bond donors (Lipinski definition) is 1. The number of amides is 1. The molecule has 1 heterocycles. The minimum absolute atomic E-state index is 0.0154. The van der Waals surface area contributed by atoms with E-state index in [4.69, 9.17) is 55.6 Å². The Morgan fingerprint density at radius 3 is 2.38 bits per heavy atom. The second-order valence-corrected chi connectivity index (χ2v) is 7.31. The summed E-state index contributed by atoms with van der Waals surface area (Å²) in [6.07, 6.45) is 0. The van der Waals surface area contributed by atoms with Crippen molar-refractivity contribution in [3.63, 3.8) is 0 Å². The number of ether oxygens (including phenoxy) is 1. The van der Waals surface area contributed by atoms with Crippen LogP contribution in [-0.4, -0.2) is 10.8 Å². The molecule has 0 bridgehead atoms. The molecule has 0 radical (unpaired) electrons. The first-order chi connectivity index (χ1) is 13.7. The van der Waals surface area contributed by atoms with Gasteiger partial charge in [0, 0.05) is 16.1 Å². The Morgan fingerprint density at radius 2 is 1.72 bits per heavy atom. The third-order valence-electron chi connectivity index (χ3n) is 3.61. The molecule has 0 fully saturated rings. The van der Waals surface area contributed by atoms with Crippen LogP contribution in [-0.2, 0) is 6.61 Å². The van der Waals surface area contributed by atoms with Crippen LogP contribution in [0.2, 0.25) is 20.1 Å². The Hall–Kier alpha value is -2.45. The van der Waals surface area contributed by atoms with Gasteiger partial charge in [0.2, 0.25) is 0 Å². The lowest BCUT2D eigenvalue weighted by Gasteiger charge is -2.09. The second kappa shape index (κ2) is 8.92. The van der Waals surface area contributed by atoms with Gasteiger partial charge in [-0.3, -0.25) is 14.9 Å². The number of benzene rings is 2. The summed E-state index contributed by atoms with van der Waals surface area (Å²) in [5, 5.41) is 14.5. The Labute approximate surface area is 184 Å². The van der Waals surface area contributed by atoms with E-state index < -0.39 is 10.8 Å². The highest BCUT2D eigenvalue weighted by atomic mass is 35.5. The molecule has 0 atom stereocenters. The maximum atomic E-state index is 12.3. The van der Waals surface area contributed by atoms with Gasteiger partial charge in [0.05, 0.1) is 15.0 Å². The molecule has 0 saturated heterocycles. The highest BCUT2D eigenvalue weighted by Gasteiger charge is 2.19. The van der Waals surface area contributed by atoms with E-state index in [1.54, 1.807) is 0 Å². The lowest BCUT2D eigenvalue weighted by atomic mass is 10.2. The number of rotatable bonds is 6. The highest BCUT2D eigenvalue weighted by Crippen LogP contribution is 2.36. The molecule has 0 saturated carbocycles. The maximum Gasteiger partial charge on any atom is 0.294 e. The summed E-state index contributed by atoms with van der Waals surface area (Å²) in [5.41, 5.74) is -0.355. The first kappa shape index (κ1) is 21.3. The van der Waals surface area contributed by atoms with Crippen LogP contribution >= 0.6 is 46.4 Å². The summed E-state index contributed by atoms with van der Waals surface area (Å²) in [6.45, 7) is -0.0601. The van der Waals surface area contributed by atoms with Gasteiger partial charge >= 0.3 is 0 Å². The van der Waals surface area contributed by atoms with Gasteiger partial charge in [-0.1, -0.05) is 46.4 Å². The summed E-state index contributed by atoms with van der Waals surface area (Å²) in [4.78, 5) is 22.8. The van der Waals surface area contributed by atoms with Crippen LogP contribution in [0.3, 0.4) is 0 Å². The Kier molecular flexibility index (Phi) is 6.54. The SMILES string of the molecule is O=C(Nc1ccc(Cl)cc1[N+](=O)[O-])c1ccc(COc2c(Cl)cc(Cl)cc2Cl)o1. The summed E-state index contributed by atoms with van der Waals surface area (Å²) in [7, 11) is 0. The molecular weight excluding hydrogens is 466 g/mol. The van der Waals surface area contributed by atoms with Gasteiger partial charge in [-0.05, 0) is 36.4 Å². The average molecular weight is 476 g/mol. The van der Waals surface area contributed by atoms with Crippen molar-refractivity contribution in [3.05, 3.63) is 84.2 Å². The second-order valence-electron chi connectivity index (χ2n) is 5.63. The van der Waals surface area contributed by atoms with E-state index in [0.29, 0.717) is 10.8 Å². The van der Waals surface area contributed by atoms with Gasteiger partial charge in [-0.15, -0.1) is 0 Å². The maximum absolute atomic E-state index is 12.3. The smallest absolute Gasteiger partial charge is 0.294 e. The minimum atomic E-state index is -0.677. The normalized spacial score (nSPS) is 10.6. The molecule has 11 heteroatoms. The quantitative estimate of drug-likeness (QED) is 0.318. The van der Waals surface area contributed by atoms with Gasteiger partial charge < -0.3 is 14.5 Å². The lowest BCUT2D eigenvalue weighted by molar-refractivity contribution is -0.383. The first-order valence-electron chi connectivity index (χ1n) is 7.86. The van der Waals surface area contributed by atoms with Crippen LogP contribution in [0.5, 0.6) is 5.75 Å². The van der Waals surface area contributed by atoms with Gasteiger partial charge in [-0.2, -0.15) is 0 Å². The fourth-order valence-corrected chi connectivity index (χ4v) is 3.43. The van der Waals surface area contributed by atoms with E-state index in [1.807, 2.05) is 0 Å². The monoisotopic (exact) mass is 474 g/mol. The Balaban J connectivity index is 1.71. The highest BCUT2D eigenvalue weighted by molar-refractivity contribution is 6.40. The van der Waals surface area contributed by atoms with Crippen molar-refractivity contribution in [2.75, 3.05) is 5.32 Å². The summed E-state index contributed by atoms with van der Waals surface area (Å²) >= 11 is 23.7. The van der Waals surface area contributed by atoms with E-state index in [0.717, 1.165) is 6.07 Å². The number of carbonyl (C=O) groups is 1. The number of nitro groups is 1. The van der Waals surface area contributed by atoms with Crippen molar-refractivity contribution < 1.29 is 18.9 Å². The van der Waals surface area contributed by atoms with E-state index in [2.05, 4.69) is 5.32 Å². The van der Waals surface area contributed by atoms with Gasteiger partial charge in [0.1, 0.15) is 18.1 Å². The van der Waals surface area contributed by atoms with Crippen LogP contribution in [0, 0.1) is 10.1 Å². The van der Waals surface area contributed by atoms with E-state index in [1.165, 1.54) is 36.4 Å². The van der Waals surface area contributed by atoms with Crippen LogP contribution in [0.4, 0.5) is 11.4 Å². The fraction of sp³-hybridized carbons (Fsp3) is 0.0556. The largest absolute Gasteiger partial charge is 0.483 e. The molecule has 1 aromatic heterocycles. The molecule has 7 nitrogen and oxygen atoms in total. The lowest BCUT2D eigenvalue weighted by Crippen LogP contribution is -2.12. The molecule has 150 valence electrons. The number of furan rings is 1. The van der Waals surface area contributed by atoms with Gasteiger partial charge in [0.25, 0.3) is 11.6 Å². The van der Waals surface area contributed by atoms with Crippen molar-refractivity contribution in [2.45, 2.75) is 6.61 Å². The molecule has 0 aliphatic heterocycles. The Morgan fingerprint density at radius 1 is 1.03 bits per heavy atom. The zero-order chi connectivity index (χ0) is 21.1. The standard InChI is InChI=1S/C18H10Cl4N2O5/c19-9-1-3-14(15(7-9)24(26)27)23-18(25)16-4-2-11(29-16)8-28-17-12(21)5-10(20)6-13(17)22/h1-7H,8H2,(H,23,25). The molecule has 3 rings (SSSR count). The number of carbonyl (C=O) groups excluding carboxylic acids is 1. The topological polar surface area (TPSA) is 94.6 Å². The number of halogens is 4. The van der Waals surface area contributed by atoms with Crippen LogP contribution in [0.15, 0.2) is 46.9 Å². The van der Waals surface area contributed by atoms with Crippen LogP contribution in [0.1, 0.15) is 16.3 Å². The predicted octanol–water partition coefficient (Wildman–Crippen LogP) is 6.63. The summed E-state index contributed by atoms with van der Waals surface area (Å²) in [6, 6.07) is 9.76. The number of hydrogen-bond acceptors (Lipinski definition) is 5. The van der Waals surface area contributed by atoms with Crippen molar-refractivity contribution in [1.29, 1.82) is 0 Å². The van der Waals surface area contributed by atoms with E-state index >= 15 is 0 Å². The predicted molar refractivity (Wildman–Crippen MR) is 111 cm³/mol. The number of anilines is 1. The zero-order valence-corrected chi connectivity index (χ0v) is 17.3. The molecule has 2 aromatic carbocycles. The molecule has 3 aromatic rings. The summed E-state index contributed by atoms with van der Waals surface area (Å²) < 4.78 is 11.0. The minimum Gasteiger partial charge on any atom is -0.483 e. The molecule has 1 amide bonds. The third-order valence-corrected chi connectivity index (χ3v) is 4.63. The fourth-order valence-electron chi connectivity index (χ4n) is 2.33. The van der Waals surface area contributed by atoms with Crippen LogP contribution in [0.25, 0.3) is 0 Å². The van der Waals surface area contributed by atoms with Crippen LogP contribution < -0.4 is 10.1 Å². The average Bonchev–Trinajstić information content (AvgIpc) is 3.11. The van der Waals surface area contributed by atoms with E-state index in [-0.39, 0.29) is 44.6 Å². The van der Waals surface area contributed by atoms with Crippen molar-refractivity contribution in [3.8, 4) is 5.75 Å². The molecule has 29 heavy (non-hydrogen) atoms. The van der Waals surface area contributed by atoms with Gasteiger partial charge in [0.15, 0.2) is 11.5 Å². The number of nitrogens with one attached hydrogen (secondary N) is 1.